The SMILES string of the molecule is Cc1ccc(C(C)NC(=O)[C@@]23CCCC[C@H]2CNC3)cc1. The van der Waals surface area contributed by atoms with Crippen LogP contribution in [0.1, 0.15) is 49.8 Å². The van der Waals surface area contributed by atoms with Gasteiger partial charge >= 0.3 is 0 Å². The first-order chi connectivity index (χ1) is 10.1. The second-order valence-corrected chi connectivity index (χ2v) is 6.84. The molecule has 21 heavy (non-hydrogen) atoms. The van der Waals surface area contributed by atoms with E-state index in [0.29, 0.717) is 5.92 Å². The van der Waals surface area contributed by atoms with E-state index in [9.17, 15) is 4.79 Å². The molecule has 1 unspecified atom stereocenters. The summed E-state index contributed by atoms with van der Waals surface area (Å²) in [5.74, 6) is 0.779. The van der Waals surface area contributed by atoms with E-state index in [4.69, 9.17) is 0 Å². The molecule has 114 valence electrons. The normalized spacial score (nSPS) is 29.7. The topological polar surface area (TPSA) is 41.1 Å². The molecule has 3 heteroatoms. The smallest absolute Gasteiger partial charge is 0.228 e. The molecule has 2 aliphatic rings. The fourth-order valence-electron chi connectivity index (χ4n) is 3.97. The molecule has 1 aliphatic carbocycles. The van der Waals surface area contributed by atoms with Crippen LogP contribution in [0.3, 0.4) is 0 Å². The van der Waals surface area contributed by atoms with Gasteiger partial charge < -0.3 is 10.6 Å². The maximum absolute atomic E-state index is 12.9. The van der Waals surface area contributed by atoms with Gasteiger partial charge in [0, 0.05) is 6.54 Å². The Morgan fingerprint density at radius 3 is 2.86 bits per heavy atom. The first kappa shape index (κ1) is 14.6. The first-order valence-electron chi connectivity index (χ1n) is 8.20. The molecule has 3 nitrogen and oxygen atoms in total. The van der Waals surface area contributed by atoms with Crippen LogP contribution in [0.2, 0.25) is 0 Å². The van der Waals surface area contributed by atoms with Crippen LogP contribution in [0.25, 0.3) is 0 Å². The number of carbonyl (C=O) groups is 1. The van der Waals surface area contributed by atoms with E-state index in [2.05, 4.69) is 48.7 Å². The molecule has 0 aromatic heterocycles. The van der Waals surface area contributed by atoms with Gasteiger partial charge in [-0.15, -0.1) is 0 Å². The molecule has 0 spiro atoms. The number of amides is 1. The van der Waals surface area contributed by atoms with Crippen molar-refractivity contribution in [3.05, 3.63) is 35.4 Å². The van der Waals surface area contributed by atoms with E-state index >= 15 is 0 Å². The van der Waals surface area contributed by atoms with Crippen molar-refractivity contribution in [2.75, 3.05) is 13.1 Å². The highest BCUT2D eigenvalue weighted by molar-refractivity contribution is 5.84. The van der Waals surface area contributed by atoms with Crippen molar-refractivity contribution in [2.24, 2.45) is 11.3 Å². The summed E-state index contributed by atoms with van der Waals surface area (Å²) in [4.78, 5) is 12.9. The number of nitrogens with one attached hydrogen (secondary N) is 2. The van der Waals surface area contributed by atoms with E-state index in [0.717, 1.165) is 19.5 Å². The molecule has 1 aromatic carbocycles. The lowest BCUT2D eigenvalue weighted by Gasteiger charge is -2.38. The van der Waals surface area contributed by atoms with Gasteiger partial charge in [-0.1, -0.05) is 42.7 Å². The average Bonchev–Trinajstić information content (AvgIpc) is 2.93. The summed E-state index contributed by atoms with van der Waals surface area (Å²) in [5.41, 5.74) is 2.28. The Labute approximate surface area is 127 Å². The zero-order valence-electron chi connectivity index (χ0n) is 13.1. The number of hydrogen-bond acceptors (Lipinski definition) is 2. The maximum Gasteiger partial charge on any atom is 0.228 e. The van der Waals surface area contributed by atoms with Crippen LogP contribution in [0.5, 0.6) is 0 Å². The largest absolute Gasteiger partial charge is 0.349 e. The number of carbonyl (C=O) groups excluding carboxylic acids is 1. The van der Waals surface area contributed by atoms with Crippen molar-refractivity contribution in [2.45, 2.75) is 45.6 Å². The first-order valence-corrected chi connectivity index (χ1v) is 8.20. The minimum absolute atomic E-state index is 0.0793. The fourth-order valence-corrected chi connectivity index (χ4v) is 3.97. The van der Waals surface area contributed by atoms with Crippen molar-refractivity contribution in [3.8, 4) is 0 Å². The molecule has 2 N–H and O–H groups in total. The van der Waals surface area contributed by atoms with Crippen LogP contribution < -0.4 is 10.6 Å². The lowest BCUT2D eigenvalue weighted by molar-refractivity contribution is -0.134. The zero-order chi connectivity index (χ0) is 14.9. The molecule has 0 radical (unpaired) electrons. The van der Waals surface area contributed by atoms with E-state index in [-0.39, 0.29) is 17.4 Å². The van der Waals surface area contributed by atoms with Gasteiger partial charge in [0.15, 0.2) is 0 Å². The summed E-state index contributed by atoms with van der Waals surface area (Å²) in [6.45, 7) is 6.03. The molecule has 0 bridgehead atoms. The molecule has 1 amide bonds. The maximum atomic E-state index is 12.9. The Morgan fingerprint density at radius 2 is 2.10 bits per heavy atom. The lowest BCUT2D eigenvalue weighted by Crippen LogP contribution is -2.48. The molecule has 3 atom stereocenters. The summed E-state index contributed by atoms with van der Waals surface area (Å²) >= 11 is 0. The van der Waals surface area contributed by atoms with Crippen LogP contribution in [0.15, 0.2) is 24.3 Å². The molecule has 1 aromatic rings. The third-order valence-corrected chi connectivity index (χ3v) is 5.42. The van der Waals surface area contributed by atoms with Gasteiger partial charge in [0.05, 0.1) is 11.5 Å². The fraction of sp³-hybridized carbons (Fsp3) is 0.611. The Balaban J connectivity index is 1.71. The number of aryl methyl sites for hydroxylation is 1. The van der Waals surface area contributed by atoms with Gasteiger partial charge in [0.25, 0.3) is 0 Å². The minimum Gasteiger partial charge on any atom is -0.349 e. The third kappa shape index (κ3) is 2.71. The number of benzene rings is 1. The summed E-state index contributed by atoms with van der Waals surface area (Å²) in [6, 6.07) is 8.52. The minimum atomic E-state index is -0.156. The highest BCUT2D eigenvalue weighted by Crippen LogP contribution is 2.44. The van der Waals surface area contributed by atoms with Gasteiger partial charge in [-0.25, -0.2) is 0 Å². The monoisotopic (exact) mass is 286 g/mol. The summed E-state index contributed by atoms with van der Waals surface area (Å²) < 4.78 is 0. The van der Waals surface area contributed by atoms with Crippen LogP contribution in [0, 0.1) is 18.3 Å². The second-order valence-electron chi connectivity index (χ2n) is 6.84. The van der Waals surface area contributed by atoms with Crippen LogP contribution in [0.4, 0.5) is 0 Å². The Hall–Kier alpha value is -1.35. The number of fused-ring (bicyclic) bond motifs is 1. The quantitative estimate of drug-likeness (QED) is 0.897. The lowest BCUT2D eigenvalue weighted by atomic mass is 9.67. The predicted molar refractivity (Wildman–Crippen MR) is 85.0 cm³/mol. The van der Waals surface area contributed by atoms with Crippen LogP contribution in [-0.4, -0.2) is 19.0 Å². The average molecular weight is 286 g/mol. The summed E-state index contributed by atoms with van der Waals surface area (Å²) in [7, 11) is 0. The highest BCUT2D eigenvalue weighted by Gasteiger charge is 2.49. The van der Waals surface area contributed by atoms with Crippen molar-refractivity contribution in [1.29, 1.82) is 0 Å². The number of hydrogen-bond donors (Lipinski definition) is 2. The molecule has 1 saturated carbocycles. The van der Waals surface area contributed by atoms with E-state index in [1.165, 1.54) is 30.4 Å². The summed E-state index contributed by atoms with van der Waals surface area (Å²) in [5, 5.41) is 6.71. The van der Waals surface area contributed by atoms with Crippen LogP contribution in [-0.2, 0) is 4.79 Å². The third-order valence-electron chi connectivity index (χ3n) is 5.42. The molecule has 1 aliphatic heterocycles. The van der Waals surface area contributed by atoms with Crippen LogP contribution >= 0.6 is 0 Å². The second kappa shape index (κ2) is 5.80. The molecular weight excluding hydrogens is 260 g/mol. The molecule has 1 saturated heterocycles. The van der Waals surface area contributed by atoms with Crippen molar-refractivity contribution in [1.82, 2.24) is 10.6 Å². The molecule has 3 rings (SSSR count). The van der Waals surface area contributed by atoms with E-state index < -0.39 is 0 Å². The highest BCUT2D eigenvalue weighted by atomic mass is 16.2. The van der Waals surface area contributed by atoms with Gasteiger partial charge in [0.2, 0.25) is 5.91 Å². The summed E-state index contributed by atoms with van der Waals surface area (Å²) in [6.07, 6.45) is 4.69. The van der Waals surface area contributed by atoms with Crippen molar-refractivity contribution < 1.29 is 4.79 Å². The van der Waals surface area contributed by atoms with Crippen molar-refractivity contribution >= 4 is 5.91 Å². The van der Waals surface area contributed by atoms with E-state index in [1.54, 1.807) is 0 Å². The predicted octanol–water partition coefficient (Wildman–Crippen LogP) is 2.95. The Morgan fingerprint density at radius 1 is 1.33 bits per heavy atom. The number of rotatable bonds is 3. The standard InChI is InChI=1S/C18H26N2O/c1-13-6-8-15(9-7-13)14(2)20-17(21)18-10-4-3-5-16(18)11-19-12-18/h6-9,14,16,19H,3-5,10-12H2,1-2H3,(H,20,21)/t14?,16-,18+/m0/s1. The van der Waals surface area contributed by atoms with Gasteiger partial charge in [-0.2, -0.15) is 0 Å². The Bertz CT molecular complexity index is 510. The van der Waals surface area contributed by atoms with Crippen molar-refractivity contribution in [3.63, 3.8) is 0 Å². The van der Waals surface area contributed by atoms with Gasteiger partial charge in [-0.05, 0) is 44.7 Å². The van der Waals surface area contributed by atoms with Gasteiger partial charge in [0.1, 0.15) is 0 Å². The Kier molecular flexibility index (Phi) is 4.03. The molecular formula is C18H26N2O. The molecule has 2 fully saturated rings. The van der Waals surface area contributed by atoms with E-state index in [1.807, 2.05) is 0 Å². The van der Waals surface area contributed by atoms with Gasteiger partial charge in [-0.3, -0.25) is 4.79 Å². The zero-order valence-corrected chi connectivity index (χ0v) is 13.1. The molecule has 1 heterocycles.